The number of rotatable bonds is 5. The Hall–Kier alpha value is -1.23. The van der Waals surface area contributed by atoms with E-state index in [1.54, 1.807) is 11.3 Å². The van der Waals surface area contributed by atoms with Crippen LogP contribution in [0.2, 0.25) is 0 Å². The fourth-order valence-corrected chi connectivity index (χ4v) is 3.52. The Balaban J connectivity index is 2.23. The van der Waals surface area contributed by atoms with Gasteiger partial charge in [-0.05, 0) is 24.5 Å². The average molecular weight is 275 g/mol. The molecule has 2 rings (SSSR count). The van der Waals surface area contributed by atoms with Gasteiger partial charge in [-0.25, -0.2) is 4.98 Å². The minimum atomic E-state index is 0.258. The molecule has 3 nitrogen and oxygen atoms in total. The molecule has 0 saturated heterocycles. The summed E-state index contributed by atoms with van der Waals surface area (Å²) in [5.41, 5.74) is 11.6. The number of hydrogen-bond acceptors (Lipinski definition) is 4. The molecule has 102 valence electrons. The maximum absolute atomic E-state index is 5.99. The van der Waals surface area contributed by atoms with Crippen molar-refractivity contribution in [2.75, 3.05) is 19.6 Å². The topological polar surface area (TPSA) is 42.1 Å². The van der Waals surface area contributed by atoms with Crippen LogP contribution in [0.4, 0.5) is 0 Å². The van der Waals surface area contributed by atoms with Crippen LogP contribution in [0.3, 0.4) is 0 Å². The lowest BCUT2D eigenvalue weighted by Gasteiger charge is -2.35. The number of nitrogens with zero attached hydrogens (tertiary/aromatic N) is 2. The Morgan fingerprint density at radius 2 is 2.21 bits per heavy atom. The van der Waals surface area contributed by atoms with Crippen molar-refractivity contribution in [3.63, 3.8) is 0 Å². The van der Waals surface area contributed by atoms with E-state index in [2.05, 4.69) is 30.0 Å². The van der Waals surface area contributed by atoms with E-state index < -0.39 is 0 Å². The van der Waals surface area contributed by atoms with Crippen molar-refractivity contribution in [3.05, 3.63) is 52.5 Å². The Labute approximate surface area is 119 Å². The predicted octanol–water partition coefficient (Wildman–Crippen LogP) is 2.83. The molecule has 4 heteroatoms. The zero-order valence-corrected chi connectivity index (χ0v) is 12.2. The highest BCUT2D eigenvalue weighted by molar-refractivity contribution is 7.09. The number of allylic oxidation sites excluding steroid dienone is 1. The van der Waals surface area contributed by atoms with Gasteiger partial charge in [0.2, 0.25) is 0 Å². The van der Waals surface area contributed by atoms with Crippen molar-refractivity contribution >= 4 is 11.3 Å². The minimum absolute atomic E-state index is 0.258. The number of hydrogen-bond donors (Lipinski definition) is 1. The lowest BCUT2D eigenvalue weighted by atomic mass is 9.98. The summed E-state index contributed by atoms with van der Waals surface area (Å²) in [4.78, 5) is 8.04. The summed E-state index contributed by atoms with van der Waals surface area (Å²) in [6.07, 6.45) is 4.90. The predicted molar refractivity (Wildman–Crippen MR) is 82.3 cm³/mol. The highest BCUT2D eigenvalue weighted by Crippen LogP contribution is 2.30. The second-order valence-electron chi connectivity index (χ2n) is 4.73. The summed E-state index contributed by atoms with van der Waals surface area (Å²) in [5.74, 6) is 0. The molecule has 1 atom stereocenters. The first kappa shape index (κ1) is 14.2. The largest absolute Gasteiger partial charge is 0.329 e. The van der Waals surface area contributed by atoms with Crippen molar-refractivity contribution in [3.8, 4) is 0 Å². The molecule has 1 aromatic rings. The SMILES string of the molecule is C=CC1=C(C=C)CN(C(CN)c2scnc2C)CC1. The maximum atomic E-state index is 5.99. The third-order valence-corrected chi connectivity index (χ3v) is 4.73. The fraction of sp³-hybridized carbons (Fsp3) is 0.400. The van der Waals surface area contributed by atoms with Gasteiger partial charge >= 0.3 is 0 Å². The lowest BCUT2D eigenvalue weighted by Crippen LogP contribution is -2.38. The van der Waals surface area contributed by atoms with Gasteiger partial charge in [0.15, 0.2) is 0 Å². The van der Waals surface area contributed by atoms with E-state index in [9.17, 15) is 0 Å². The third kappa shape index (κ3) is 2.86. The molecule has 0 aromatic carbocycles. The van der Waals surface area contributed by atoms with Crippen LogP contribution in [0, 0.1) is 6.92 Å². The van der Waals surface area contributed by atoms with E-state index in [0.29, 0.717) is 6.54 Å². The molecular weight excluding hydrogens is 254 g/mol. The van der Waals surface area contributed by atoms with E-state index in [4.69, 9.17) is 5.73 Å². The van der Waals surface area contributed by atoms with Crippen LogP contribution >= 0.6 is 11.3 Å². The number of nitrogens with two attached hydrogens (primary N) is 1. The summed E-state index contributed by atoms with van der Waals surface area (Å²) < 4.78 is 0. The van der Waals surface area contributed by atoms with Crippen molar-refractivity contribution in [2.24, 2.45) is 5.73 Å². The van der Waals surface area contributed by atoms with Crippen LogP contribution in [0.1, 0.15) is 23.0 Å². The van der Waals surface area contributed by atoms with Gasteiger partial charge in [0.25, 0.3) is 0 Å². The molecule has 19 heavy (non-hydrogen) atoms. The fourth-order valence-electron chi connectivity index (χ4n) is 2.57. The molecule has 0 spiro atoms. The van der Waals surface area contributed by atoms with Gasteiger partial charge in [-0.3, -0.25) is 4.90 Å². The molecular formula is C15H21N3S. The van der Waals surface area contributed by atoms with Crippen molar-refractivity contribution in [1.29, 1.82) is 0 Å². The lowest BCUT2D eigenvalue weighted by molar-refractivity contribution is 0.216. The van der Waals surface area contributed by atoms with E-state index in [1.165, 1.54) is 16.0 Å². The van der Waals surface area contributed by atoms with Crippen molar-refractivity contribution < 1.29 is 0 Å². The molecule has 0 saturated carbocycles. The van der Waals surface area contributed by atoms with Gasteiger partial charge in [0, 0.05) is 24.5 Å². The molecule has 0 fully saturated rings. The van der Waals surface area contributed by atoms with Crippen LogP contribution in [0.25, 0.3) is 0 Å². The maximum Gasteiger partial charge on any atom is 0.0798 e. The molecule has 2 N–H and O–H groups in total. The summed E-state index contributed by atoms with van der Waals surface area (Å²) in [6, 6.07) is 0.258. The molecule has 1 aliphatic rings. The average Bonchev–Trinajstić information content (AvgIpc) is 2.86. The summed E-state index contributed by atoms with van der Waals surface area (Å²) in [5, 5.41) is 0. The Kier molecular flexibility index (Phi) is 4.69. The van der Waals surface area contributed by atoms with Gasteiger partial charge in [0.1, 0.15) is 0 Å². The molecule has 1 unspecified atom stereocenters. The second-order valence-corrected chi connectivity index (χ2v) is 5.62. The van der Waals surface area contributed by atoms with Gasteiger partial charge in [-0.2, -0.15) is 0 Å². The van der Waals surface area contributed by atoms with Crippen molar-refractivity contribution in [2.45, 2.75) is 19.4 Å². The quantitative estimate of drug-likeness (QED) is 0.898. The molecule has 1 aliphatic heterocycles. The van der Waals surface area contributed by atoms with E-state index >= 15 is 0 Å². The van der Waals surface area contributed by atoms with Crippen molar-refractivity contribution in [1.82, 2.24) is 9.88 Å². The van der Waals surface area contributed by atoms with E-state index in [-0.39, 0.29) is 6.04 Å². The van der Waals surface area contributed by atoms with Crippen LogP contribution in [-0.4, -0.2) is 29.5 Å². The molecule has 0 amide bonds. The van der Waals surface area contributed by atoms with Crippen LogP contribution in [-0.2, 0) is 0 Å². The standard InChI is InChI=1S/C15H21N3S/c1-4-12-6-7-18(9-13(12)5-2)14(8-16)15-11(3)17-10-19-15/h4-5,10,14H,1-2,6-9,16H2,3H3. The van der Waals surface area contributed by atoms with Crippen LogP contribution < -0.4 is 5.73 Å². The molecule has 0 bridgehead atoms. The normalized spacial score (nSPS) is 18.4. The zero-order chi connectivity index (χ0) is 13.8. The van der Waals surface area contributed by atoms with Gasteiger partial charge in [0.05, 0.1) is 17.2 Å². The molecule has 1 aromatic heterocycles. The second kappa shape index (κ2) is 6.28. The zero-order valence-electron chi connectivity index (χ0n) is 11.4. The number of aryl methyl sites for hydroxylation is 1. The monoisotopic (exact) mass is 275 g/mol. The number of thiazole rings is 1. The first-order valence-corrected chi connectivity index (χ1v) is 7.40. The highest BCUT2D eigenvalue weighted by Gasteiger charge is 2.25. The van der Waals surface area contributed by atoms with E-state index in [0.717, 1.165) is 25.2 Å². The Morgan fingerprint density at radius 1 is 1.47 bits per heavy atom. The summed E-state index contributed by atoms with van der Waals surface area (Å²) in [6.45, 7) is 12.4. The first-order valence-electron chi connectivity index (χ1n) is 6.52. The smallest absolute Gasteiger partial charge is 0.0798 e. The first-order chi connectivity index (χ1) is 9.21. The van der Waals surface area contributed by atoms with Gasteiger partial charge in [-0.15, -0.1) is 11.3 Å². The minimum Gasteiger partial charge on any atom is -0.329 e. The summed E-state index contributed by atoms with van der Waals surface area (Å²) in [7, 11) is 0. The Morgan fingerprint density at radius 3 is 2.74 bits per heavy atom. The van der Waals surface area contributed by atoms with Gasteiger partial charge in [-0.1, -0.05) is 25.3 Å². The van der Waals surface area contributed by atoms with Gasteiger partial charge < -0.3 is 5.73 Å². The Bertz CT molecular complexity index is 501. The highest BCUT2D eigenvalue weighted by atomic mass is 32.1. The molecule has 0 aliphatic carbocycles. The van der Waals surface area contributed by atoms with Crippen LogP contribution in [0.5, 0.6) is 0 Å². The third-order valence-electron chi connectivity index (χ3n) is 3.70. The van der Waals surface area contributed by atoms with Crippen LogP contribution in [0.15, 0.2) is 42.0 Å². The summed E-state index contributed by atoms with van der Waals surface area (Å²) >= 11 is 1.70. The molecule has 0 radical (unpaired) electrons. The number of aromatic nitrogens is 1. The van der Waals surface area contributed by atoms with E-state index in [1.807, 2.05) is 17.7 Å². The molecule has 2 heterocycles.